The highest BCUT2D eigenvalue weighted by atomic mass is 16.3. The number of hydrogen-bond acceptors (Lipinski definition) is 6. The van der Waals surface area contributed by atoms with E-state index >= 15 is 0 Å². The van der Waals surface area contributed by atoms with Crippen LogP contribution in [0.3, 0.4) is 0 Å². The summed E-state index contributed by atoms with van der Waals surface area (Å²) in [6, 6.07) is 8.67. The van der Waals surface area contributed by atoms with Gasteiger partial charge in [-0.2, -0.15) is 0 Å². The molecule has 5 rings (SSSR count). The highest BCUT2D eigenvalue weighted by Gasteiger charge is 2.30. The Morgan fingerprint density at radius 3 is 2.56 bits per heavy atom. The summed E-state index contributed by atoms with van der Waals surface area (Å²) >= 11 is 0. The fourth-order valence-electron chi connectivity index (χ4n) is 4.98. The number of piperazine rings is 1. The zero-order chi connectivity index (χ0) is 22.1. The van der Waals surface area contributed by atoms with Crippen molar-refractivity contribution < 1.29 is 9.21 Å². The van der Waals surface area contributed by atoms with Crippen LogP contribution in [0.1, 0.15) is 31.6 Å². The van der Waals surface area contributed by atoms with E-state index in [0.717, 1.165) is 73.9 Å². The van der Waals surface area contributed by atoms with Gasteiger partial charge in [-0.15, -0.1) is 0 Å². The molecule has 1 aliphatic carbocycles. The van der Waals surface area contributed by atoms with Crippen LogP contribution in [0.25, 0.3) is 22.0 Å². The second-order valence-corrected chi connectivity index (χ2v) is 9.22. The van der Waals surface area contributed by atoms with Crippen LogP contribution in [0.15, 0.2) is 41.1 Å². The third-order valence-corrected chi connectivity index (χ3v) is 7.01. The number of likely N-dealkylation sites (N-methyl/N-ethyl adjacent to an activating group) is 1. The molecule has 0 spiro atoms. The smallest absolute Gasteiger partial charge is 0.228 e. The van der Waals surface area contributed by atoms with Gasteiger partial charge in [-0.1, -0.05) is 12.1 Å². The highest BCUT2D eigenvalue weighted by molar-refractivity contribution is 5.95. The van der Waals surface area contributed by atoms with Crippen LogP contribution in [0.4, 0.5) is 5.82 Å². The van der Waals surface area contributed by atoms with Gasteiger partial charge in [-0.3, -0.25) is 9.69 Å². The Hall–Kier alpha value is -2.77. The molecule has 2 aromatic heterocycles. The molecule has 3 aromatic rings. The molecule has 1 saturated heterocycles. The van der Waals surface area contributed by atoms with Crippen molar-refractivity contribution in [1.29, 1.82) is 0 Å². The number of pyridine rings is 1. The lowest BCUT2D eigenvalue weighted by molar-refractivity contribution is -0.121. The largest absolute Gasteiger partial charge is 0.449 e. The van der Waals surface area contributed by atoms with Crippen molar-refractivity contribution >= 4 is 22.5 Å². The maximum atomic E-state index is 12.9. The van der Waals surface area contributed by atoms with Crippen LogP contribution in [-0.4, -0.2) is 64.9 Å². The number of carbonyl (C=O) groups excluding carboxylic acids is 1. The first kappa shape index (κ1) is 21.1. The molecule has 1 saturated carbocycles. The number of fused-ring (bicyclic) bond motifs is 1. The predicted molar refractivity (Wildman–Crippen MR) is 125 cm³/mol. The lowest BCUT2D eigenvalue weighted by atomic mass is 9.84. The molecule has 1 aromatic carbocycles. The number of anilines is 1. The Bertz CT molecular complexity index is 1090. The average Bonchev–Trinajstić information content (AvgIpc) is 3.25. The van der Waals surface area contributed by atoms with Crippen molar-refractivity contribution in [2.75, 3.05) is 38.5 Å². The molecule has 0 bridgehead atoms. The van der Waals surface area contributed by atoms with Gasteiger partial charge in [0.05, 0.1) is 0 Å². The van der Waals surface area contributed by atoms with Crippen molar-refractivity contribution in [3.05, 3.63) is 42.6 Å². The Balaban J connectivity index is 1.22. The second kappa shape index (κ2) is 9.00. The van der Waals surface area contributed by atoms with Gasteiger partial charge in [-0.25, -0.2) is 9.97 Å². The second-order valence-electron chi connectivity index (χ2n) is 9.22. The van der Waals surface area contributed by atoms with Gasteiger partial charge in [-0.05, 0) is 50.2 Å². The molecule has 168 valence electrons. The van der Waals surface area contributed by atoms with E-state index in [9.17, 15) is 4.79 Å². The van der Waals surface area contributed by atoms with E-state index in [4.69, 9.17) is 4.42 Å². The van der Waals surface area contributed by atoms with Gasteiger partial charge in [0.15, 0.2) is 5.89 Å². The van der Waals surface area contributed by atoms with Crippen molar-refractivity contribution in [2.45, 2.75) is 38.6 Å². The van der Waals surface area contributed by atoms with E-state index in [1.54, 1.807) is 6.26 Å². The Labute approximate surface area is 188 Å². The Morgan fingerprint density at radius 1 is 1.06 bits per heavy atom. The molecule has 32 heavy (non-hydrogen) atoms. The van der Waals surface area contributed by atoms with E-state index in [0.29, 0.717) is 17.8 Å². The molecule has 3 heterocycles. The molecule has 0 unspecified atom stereocenters. The van der Waals surface area contributed by atoms with Gasteiger partial charge < -0.3 is 14.6 Å². The minimum absolute atomic E-state index is 0.0700. The first-order chi connectivity index (χ1) is 15.5. The molecular formula is C25H31N5O2. The van der Waals surface area contributed by atoms with Crippen LogP contribution >= 0.6 is 0 Å². The number of benzene rings is 1. The quantitative estimate of drug-likeness (QED) is 0.672. The number of nitrogens with one attached hydrogen (secondary N) is 1. The molecule has 1 N–H and O–H groups in total. The fraction of sp³-hybridized carbons (Fsp3) is 0.480. The number of aromatic nitrogens is 2. The monoisotopic (exact) mass is 433 g/mol. The highest BCUT2D eigenvalue weighted by Crippen LogP contribution is 2.30. The Kier molecular flexibility index (Phi) is 5.93. The summed E-state index contributed by atoms with van der Waals surface area (Å²) in [4.78, 5) is 26.8. The van der Waals surface area contributed by atoms with E-state index in [2.05, 4.69) is 38.2 Å². The van der Waals surface area contributed by atoms with Gasteiger partial charge in [0.2, 0.25) is 5.91 Å². The maximum absolute atomic E-state index is 12.9. The minimum Gasteiger partial charge on any atom is -0.449 e. The summed E-state index contributed by atoms with van der Waals surface area (Å²) in [5.41, 5.74) is 1.80. The predicted octanol–water partition coefficient (Wildman–Crippen LogP) is 3.94. The number of oxazole rings is 1. The van der Waals surface area contributed by atoms with Crippen LogP contribution in [0.2, 0.25) is 0 Å². The van der Waals surface area contributed by atoms with Crippen molar-refractivity contribution in [3.8, 4) is 11.3 Å². The van der Waals surface area contributed by atoms with Crippen LogP contribution in [0.5, 0.6) is 0 Å². The van der Waals surface area contributed by atoms with E-state index in [1.165, 1.54) is 0 Å². The first-order valence-electron chi connectivity index (χ1n) is 11.6. The van der Waals surface area contributed by atoms with Gasteiger partial charge in [0, 0.05) is 62.2 Å². The summed E-state index contributed by atoms with van der Waals surface area (Å²) in [5, 5.41) is 5.11. The van der Waals surface area contributed by atoms with Gasteiger partial charge >= 0.3 is 0 Å². The van der Waals surface area contributed by atoms with Crippen molar-refractivity contribution in [2.24, 2.45) is 5.92 Å². The maximum Gasteiger partial charge on any atom is 0.228 e. The SMILES string of the molecule is Cc1nc(-c2ccc3cnc(NC(=O)[C@H]4CC[C@H](N5CCN(C)CC5)CC4)cc3c2)co1. The van der Waals surface area contributed by atoms with E-state index in [1.807, 2.05) is 31.3 Å². The van der Waals surface area contributed by atoms with Crippen LogP contribution < -0.4 is 5.32 Å². The molecular weight excluding hydrogens is 402 g/mol. The fourth-order valence-corrected chi connectivity index (χ4v) is 4.98. The standard InChI is InChI=1S/C25H31N5O2/c1-17-27-23(16-32-17)19-3-4-20-15-26-24(14-21(20)13-19)28-25(31)18-5-7-22(8-6-18)30-11-9-29(2)10-12-30/h3-4,13-16,18,22H,5-12H2,1-2H3,(H,26,28,31)/t18-,22-. The molecule has 0 atom stereocenters. The lowest BCUT2D eigenvalue weighted by Crippen LogP contribution is -2.50. The van der Waals surface area contributed by atoms with Crippen LogP contribution in [-0.2, 0) is 4.79 Å². The third kappa shape index (κ3) is 4.54. The molecule has 7 heteroatoms. The number of aryl methyl sites for hydroxylation is 1. The number of carbonyl (C=O) groups is 1. The third-order valence-electron chi connectivity index (χ3n) is 7.01. The summed E-state index contributed by atoms with van der Waals surface area (Å²) in [6.45, 7) is 6.42. The summed E-state index contributed by atoms with van der Waals surface area (Å²) in [5.74, 6) is 1.42. The average molecular weight is 434 g/mol. The number of rotatable bonds is 4. The summed E-state index contributed by atoms with van der Waals surface area (Å²) in [7, 11) is 2.19. The van der Waals surface area contributed by atoms with E-state index in [-0.39, 0.29) is 11.8 Å². The van der Waals surface area contributed by atoms with Crippen LogP contribution in [0, 0.1) is 12.8 Å². The molecule has 0 radical (unpaired) electrons. The molecule has 2 aliphatic rings. The Morgan fingerprint density at radius 2 is 1.84 bits per heavy atom. The van der Waals surface area contributed by atoms with Gasteiger partial charge in [0.25, 0.3) is 0 Å². The zero-order valence-electron chi connectivity index (χ0n) is 18.9. The van der Waals surface area contributed by atoms with Crippen molar-refractivity contribution in [3.63, 3.8) is 0 Å². The zero-order valence-corrected chi connectivity index (χ0v) is 18.9. The topological polar surface area (TPSA) is 74.5 Å². The molecule has 1 amide bonds. The first-order valence-corrected chi connectivity index (χ1v) is 11.6. The molecule has 1 aliphatic heterocycles. The van der Waals surface area contributed by atoms with Crippen molar-refractivity contribution in [1.82, 2.24) is 19.8 Å². The minimum atomic E-state index is 0.0700. The van der Waals surface area contributed by atoms with E-state index < -0.39 is 0 Å². The molecule has 2 fully saturated rings. The lowest BCUT2D eigenvalue weighted by Gasteiger charge is -2.40. The summed E-state index contributed by atoms with van der Waals surface area (Å²) < 4.78 is 5.34. The summed E-state index contributed by atoms with van der Waals surface area (Å²) in [6.07, 6.45) is 7.59. The van der Waals surface area contributed by atoms with Gasteiger partial charge in [0.1, 0.15) is 17.8 Å². The molecule has 7 nitrogen and oxygen atoms in total. The normalized spacial score (nSPS) is 22.8. The number of nitrogens with zero attached hydrogens (tertiary/aromatic N) is 4. The number of amides is 1. The number of hydrogen-bond donors (Lipinski definition) is 1.